The Bertz CT molecular complexity index is 1060. The molecule has 0 spiro atoms. The predicted octanol–water partition coefficient (Wildman–Crippen LogP) is 3.19. The number of aryl methyl sites for hydroxylation is 1. The minimum Gasteiger partial charge on any atom is -0.325 e. The zero-order valence-electron chi connectivity index (χ0n) is 13.2. The van der Waals surface area contributed by atoms with E-state index < -0.39 is 10.5 Å². The molecule has 0 bridgehead atoms. The number of benzene rings is 1. The molecule has 2 aromatic heterocycles. The molecule has 7 heteroatoms. The van der Waals surface area contributed by atoms with Gasteiger partial charge in [0, 0.05) is 29.1 Å². The molecule has 0 fully saturated rings. The van der Waals surface area contributed by atoms with Crippen molar-refractivity contribution in [3.63, 3.8) is 0 Å². The topological polar surface area (TPSA) is 113 Å². The van der Waals surface area contributed by atoms with E-state index in [9.17, 15) is 20.2 Å². The summed E-state index contributed by atoms with van der Waals surface area (Å²) in [6.07, 6.45) is 1.49. The zero-order chi connectivity index (χ0) is 18.0. The highest BCUT2D eigenvalue weighted by Crippen LogP contribution is 2.30. The van der Waals surface area contributed by atoms with Gasteiger partial charge in [-0.1, -0.05) is 24.3 Å². The molecule has 0 aliphatic rings. The van der Waals surface area contributed by atoms with E-state index in [1.54, 1.807) is 37.3 Å². The smallest absolute Gasteiger partial charge is 0.295 e. The van der Waals surface area contributed by atoms with Crippen molar-refractivity contribution in [2.75, 3.05) is 0 Å². The van der Waals surface area contributed by atoms with Crippen LogP contribution in [-0.4, -0.2) is 14.9 Å². The third kappa shape index (κ3) is 3.01. The van der Waals surface area contributed by atoms with Gasteiger partial charge >= 0.3 is 0 Å². The van der Waals surface area contributed by atoms with Crippen LogP contribution in [0.15, 0.2) is 53.5 Å². The largest absolute Gasteiger partial charge is 0.325 e. The van der Waals surface area contributed by atoms with Crippen molar-refractivity contribution >= 4 is 5.69 Å². The Morgan fingerprint density at radius 2 is 1.88 bits per heavy atom. The lowest BCUT2D eigenvalue weighted by atomic mass is 9.99. The highest BCUT2D eigenvalue weighted by molar-refractivity contribution is 5.75. The second-order valence-corrected chi connectivity index (χ2v) is 5.39. The van der Waals surface area contributed by atoms with Crippen LogP contribution in [0.5, 0.6) is 0 Å². The molecule has 1 aromatic carbocycles. The normalized spacial score (nSPS) is 10.2. The Labute approximate surface area is 142 Å². The van der Waals surface area contributed by atoms with Gasteiger partial charge in [-0.2, -0.15) is 5.26 Å². The summed E-state index contributed by atoms with van der Waals surface area (Å²) in [6, 6.07) is 13.3. The first-order valence-corrected chi connectivity index (χ1v) is 7.35. The first-order chi connectivity index (χ1) is 12.0. The van der Waals surface area contributed by atoms with Gasteiger partial charge < -0.3 is 4.98 Å². The minimum absolute atomic E-state index is 0.0298. The molecule has 0 atom stereocenters. The van der Waals surface area contributed by atoms with E-state index in [1.807, 2.05) is 6.07 Å². The minimum atomic E-state index is -0.482. The number of aromatic amines is 1. The highest BCUT2D eigenvalue weighted by Gasteiger charge is 2.16. The number of aromatic nitrogens is 2. The summed E-state index contributed by atoms with van der Waals surface area (Å²) in [5.41, 5.74) is 2.18. The molecule has 122 valence electrons. The molecule has 0 amide bonds. The van der Waals surface area contributed by atoms with Gasteiger partial charge in [0.05, 0.1) is 4.92 Å². The molecule has 0 radical (unpaired) electrons. The fourth-order valence-corrected chi connectivity index (χ4v) is 2.60. The first kappa shape index (κ1) is 16.1. The molecular formula is C18H12N4O3. The summed E-state index contributed by atoms with van der Waals surface area (Å²) in [6.45, 7) is 1.73. The fourth-order valence-electron chi connectivity index (χ4n) is 2.60. The lowest BCUT2D eigenvalue weighted by Crippen LogP contribution is -2.12. The van der Waals surface area contributed by atoms with Crippen molar-refractivity contribution in [1.29, 1.82) is 5.26 Å². The number of nitro groups is 1. The summed E-state index contributed by atoms with van der Waals surface area (Å²) in [4.78, 5) is 29.2. The predicted molar refractivity (Wildman–Crippen MR) is 91.8 cm³/mol. The van der Waals surface area contributed by atoms with Crippen LogP contribution < -0.4 is 5.56 Å². The summed E-state index contributed by atoms with van der Waals surface area (Å²) in [7, 11) is 0. The van der Waals surface area contributed by atoms with Crippen LogP contribution in [0.1, 0.15) is 11.3 Å². The van der Waals surface area contributed by atoms with Crippen molar-refractivity contribution in [2.24, 2.45) is 0 Å². The Morgan fingerprint density at radius 3 is 2.52 bits per heavy atom. The molecule has 0 aliphatic carbocycles. The van der Waals surface area contributed by atoms with Crippen molar-refractivity contribution in [3.05, 3.63) is 80.4 Å². The van der Waals surface area contributed by atoms with E-state index >= 15 is 0 Å². The number of hydrogen-bond acceptors (Lipinski definition) is 5. The lowest BCUT2D eigenvalue weighted by molar-refractivity contribution is -0.384. The molecule has 0 saturated carbocycles. The number of nitrogens with one attached hydrogen (secondary N) is 1. The van der Waals surface area contributed by atoms with Gasteiger partial charge in [0.15, 0.2) is 0 Å². The highest BCUT2D eigenvalue weighted by atomic mass is 16.6. The maximum atomic E-state index is 11.9. The third-order valence-corrected chi connectivity index (χ3v) is 3.73. The maximum absolute atomic E-state index is 11.9. The van der Waals surface area contributed by atoms with Crippen molar-refractivity contribution in [2.45, 2.75) is 6.92 Å². The van der Waals surface area contributed by atoms with Gasteiger partial charge in [0.1, 0.15) is 17.3 Å². The Morgan fingerprint density at radius 1 is 1.20 bits per heavy atom. The van der Waals surface area contributed by atoms with Crippen LogP contribution in [0.3, 0.4) is 0 Å². The van der Waals surface area contributed by atoms with E-state index in [4.69, 9.17) is 0 Å². The standard InChI is InChI=1S/C18H12N4O3/c1-11-9-14(15(10-19)18(23)21-11)12-4-6-13(7-5-12)17-16(22(24)25)3-2-8-20-17/h2-9H,1H3,(H,21,23). The van der Waals surface area contributed by atoms with Crippen LogP contribution in [0.2, 0.25) is 0 Å². The van der Waals surface area contributed by atoms with Crippen LogP contribution in [0.4, 0.5) is 5.69 Å². The molecule has 3 aromatic rings. The number of nitriles is 1. The molecular weight excluding hydrogens is 320 g/mol. The summed E-state index contributed by atoms with van der Waals surface area (Å²) in [5, 5.41) is 20.4. The molecule has 3 rings (SSSR count). The molecule has 2 heterocycles. The monoisotopic (exact) mass is 332 g/mol. The average molecular weight is 332 g/mol. The number of H-pyrrole nitrogens is 1. The lowest BCUT2D eigenvalue weighted by Gasteiger charge is -2.07. The van der Waals surface area contributed by atoms with E-state index in [2.05, 4.69) is 9.97 Å². The number of pyridine rings is 2. The molecule has 1 N–H and O–H groups in total. The zero-order valence-corrected chi connectivity index (χ0v) is 13.2. The number of rotatable bonds is 3. The number of nitrogens with zero attached hydrogens (tertiary/aromatic N) is 3. The van der Waals surface area contributed by atoms with E-state index in [0.717, 1.165) is 0 Å². The average Bonchev–Trinajstić information content (AvgIpc) is 2.61. The van der Waals surface area contributed by atoms with E-state index in [-0.39, 0.29) is 16.9 Å². The van der Waals surface area contributed by atoms with Crippen LogP contribution in [0.25, 0.3) is 22.4 Å². The molecule has 7 nitrogen and oxygen atoms in total. The molecule has 0 saturated heterocycles. The quantitative estimate of drug-likeness (QED) is 0.584. The maximum Gasteiger partial charge on any atom is 0.295 e. The van der Waals surface area contributed by atoms with Crippen LogP contribution in [-0.2, 0) is 0 Å². The van der Waals surface area contributed by atoms with Crippen molar-refractivity contribution < 1.29 is 4.92 Å². The van der Waals surface area contributed by atoms with Crippen molar-refractivity contribution in [1.82, 2.24) is 9.97 Å². The SMILES string of the molecule is Cc1cc(-c2ccc(-c3ncccc3[N+](=O)[O-])cc2)c(C#N)c(=O)[nH]1. The Balaban J connectivity index is 2.10. The van der Waals surface area contributed by atoms with Gasteiger partial charge in [0.25, 0.3) is 11.2 Å². The summed E-state index contributed by atoms with van der Waals surface area (Å²) >= 11 is 0. The summed E-state index contributed by atoms with van der Waals surface area (Å²) < 4.78 is 0. The third-order valence-electron chi connectivity index (χ3n) is 3.73. The van der Waals surface area contributed by atoms with Crippen LogP contribution in [0, 0.1) is 28.4 Å². The molecule has 0 unspecified atom stereocenters. The van der Waals surface area contributed by atoms with Crippen LogP contribution >= 0.6 is 0 Å². The van der Waals surface area contributed by atoms with Gasteiger partial charge in [-0.15, -0.1) is 0 Å². The van der Waals surface area contributed by atoms with Gasteiger partial charge in [-0.25, -0.2) is 4.98 Å². The van der Waals surface area contributed by atoms with E-state index in [0.29, 0.717) is 22.4 Å². The second kappa shape index (κ2) is 6.37. The first-order valence-electron chi connectivity index (χ1n) is 7.35. The van der Waals surface area contributed by atoms with Gasteiger partial charge in [-0.05, 0) is 24.6 Å². The Kier molecular flexibility index (Phi) is 4.10. The van der Waals surface area contributed by atoms with Gasteiger partial charge in [0.2, 0.25) is 0 Å². The molecule has 25 heavy (non-hydrogen) atoms. The van der Waals surface area contributed by atoms with E-state index in [1.165, 1.54) is 18.3 Å². The summed E-state index contributed by atoms with van der Waals surface area (Å²) in [5.74, 6) is 0. The molecule has 0 aliphatic heterocycles. The fraction of sp³-hybridized carbons (Fsp3) is 0.0556. The second-order valence-electron chi connectivity index (χ2n) is 5.39. The Hall–Kier alpha value is -3.79. The van der Waals surface area contributed by atoms with Gasteiger partial charge in [-0.3, -0.25) is 14.9 Å². The van der Waals surface area contributed by atoms with Crippen molar-refractivity contribution in [3.8, 4) is 28.5 Å². The number of hydrogen-bond donors (Lipinski definition) is 1.